The molecule has 0 spiro atoms. The molecule has 0 unspecified atom stereocenters. The Hall–Kier alpha value is -0.250. The van der Waals surface area contributed by atoms with Gasteiger partial charge in [-0.1, -0.05) is 12.1 Å². The number of rotatable bonds is 4. The first kappa shape index (κ1) is 20.5. The summed E-state index contributed by atoms with van der Waals surface area (Å²) in [6, 6.07) is 7.39. The number of aromatic nitrogens is 2. The van der Waals surface area contributed by atoms with E-state index in [0.717, 1.165) is 11.1 Å². The van der Waals surface area contributed by atoms with Crippen molar-refractivity contribution in [2.45, 2.75) is 13.8 Å². The van der Waals surface area contributed by atoms with E-state index in [0.29, 0.717) is 11.6 Å². The van der Waals surface area contributed by atoms with E-state index in [4.69, 9.17) is 45.0 Å². The molecule has 2 aromatic heterocycles. The second kappa shape index (κ2) is 7.64. The van der Waals surface area contributed by atoms with Crippen LogP contribution in [0, 0.1) is 13.8 Å². The third-order valence-electron chi connectivity index (χ3n) is 3.05. The van der Waals surface area contributed by atoms with Crippen molar-refractivity contribution in [2.75, 3.05) is 10.2 Å². The minimum Gasteiger partial charge on any atom is -0.303 e. The van der Waals surface area contributed by atoms with Crippen LogP contribution in [-0.4, -0.2) is 9.97 Å². The van der Waals surface area contributed by atoms with Crippen LogP contribution in [0.4, 0.5) is 11.6 Å². The summed E-state index contributed by atoms with van der Waals surface area (Å²) < 4.78 is 12.9. The summed E-state index contributed by atoms with van der Waals surface area (Å²) in [7, 11) is -3.01. The number of aryl methyl sites for hydroxylation is 2. The highest BCUT2D eigenvalue weighted by atomic mass is 35.9. The van der Waals surface area contributed by atoms with Crippen molar-refractivity contribution < 1.29 is 0 Å². The van der Waals surface area contributed by atoms with E-state index in [1.54, 1.807) is 24.5 Å². The van der Waals surface area contributed by atoms with Crippen molar-refractivity contribution in [1.29, 1.82) is 0 Å². The predicted octanol–water partition coefficient (Wildman–Crippen LogP) is 8.42. The minimum atomic E-state index is -3.12. The maximum Gasteiger partial charge on any atom is 0.268 e. The Morgan fingerprint density at radius 1 is 0.692 bits per heavy atom. The first-order valence-electron chi connectivity index (χ1n) is 7.19. The number of hydrogen-bond acceptors (Lipinski definition) is 7. The molecule has 7 nitrogen and oxygen atoms in total. The second-order valence-corrected chi connectivity index (χ2v) is 17.8. The summed E-state index contributed by atoms with van der Waals surface area (Å²) in [5.41, 5.74) is 2.02. The van der Waals surface area contributed by atoms with Crippen molar-refractivity contribution in [3.63, 3.8) is 0 Å². The molecule has 1 aliphatic rings. The number of hydrogen-bond donors (Lipinski definition) is 2. The smallest absolute Gasteiger partial charge is 0.268 e. The van der Waals surface area contributed by atoms with Gasteiger partial charge >= 0.3 is 0 Å². The summed E-state index contributed by atoms with van der Waals surface area (Å²) in [4.78, 5) is 8.65. The van der Waals surface area contributed by atoms with E-state index in [-0.39, 0.29) is 0 Å². The SMILES string of the molecule is Cc1ccc(NP2(Nc3ccc(C)cn3)=NP(Cl)(Cl)=NP(Cl)(Cl)=N2)nc1. The Balaban J connectivity index is 2.11. The van der Waals surface area contributed by atoms with Gasteiger partial charge in [-0.05, 0) is 82.1 Å². The molecule has 2 aromatic rings. The molecule has 0 bridgehead atoms. The van der Waals surface area contributed by atoms with Crippen LogP contribution < -0.4 is 10.2 Å². The van der Waals surface area contributed by atoms with E-state index < -0.39 is 19.3 Å². The van der Waals surface area contributed by atoms with Gasteiger partial charge in [0.2, 0.25) is 0 Å². The second-order valence-electron chi connectivity index (χ2n) is 5.45. The standard InChI is InChI=1S/C12H14Cl4N7P3/c1-9-3-5-11(17-7-9)19-26(20-12-6-4-10(2)8-18-12)22-24(13,14)21-25(15,16)23-26/h3-8H,1-2H3,(H,17,19)(H,18,20). The molecule has 0 saturated carbocycles. The lowest BCUT2D eigenvalue weighted by Gasteiger charge is -2.28. The fraction of sp³-hybridized carbons (Fsp3) is 0.167. The van der Waals surface area contributed by atoms with Gasteiger partial charge in [-0.2, -0.15) is 13.5 Å². The molecular formula is C12H14Cl4N7P3. The molecule has 26 heavy (non-hydrogen) atoms. The number of halogens is 4. The molecule has 0 atom stereocenters. The minimum absolute atomic E-state index is 0.527. The third-order valence-corrected chi connectivity index (χ3v) is 14.5. The predicted molar refractivity (Wildman–Crippen MR) is 117 cm³/mol. The van der Waals surface area contributed by atoms with Crippen LogP contribution in [0.15, 0.2) is 50.2 Å². The van der Waals surface area contributed by atoms with Crippen molar-refractivity contribution in [2.24, 2.45) is 13.5 Å². The molecule has 0 aromatic carbocycles. The molecule has 0 fully saturated rings. The van der Waals surface area contributed by atoms with Gasteiger partial charge in [-0.15, -0.1) is 0 Å². The average Bonchev–Trinajstić information content (AvgIpc) is 2.49. The Bertz CT molecular complexity index is 920. The van der Waals surface area contributed by atoms with E-state index in [2.05, 4.69) is 33.7 Å². The summed E-state index contributed by atoms with van der Waals surface area (Å²) in [5, 5.41) is 6.34. The molecule has 0 radical (unpaired) electrons. The zero-order valence-electron chi connectivity index (χ0n) is 13.6. The molecule has 0 aliphatic carbocycles. The molecular weight excluding hydrogens is 477 g/mol. The van der Waals surface area contributed by atoms with Gasteiger partial charge in [0.15, 0.2) is 0 Å². The van der Waals surface area contributed by atoms with Gasteiger partial charge in [0.25, 0.3) is 19.3 Å². The van der Waals surface area contributed by atoms with E-state index in [1.165, 1.54) is 0 Å². The van der Waals surface area contributed by atoms with Gasteiger partial charge in [0, 0.05) is 12.4 Å². The highest BCUT2D eigenvalue weighted by Crippen LogP contribution is 2.84. The monoisotopic (exact) mass is 489 g/mol. The molecule has 3 heterocycles. The molecule has 140 valence electrons. The van der Waals surface area contributed by atoms with Gasteiger partial charge < -0.3 is 10.2 Å². The molecule has 3 rings (SSSR count). The molecule has 1 aliphatic heterocycles. The quantitative estimate of drug-likeness (QED) is 0.421. The fourth-order valence-electron chi connectivity index (χ4n) is 2.00. The lowest BCUT2D eigenvalue weighted by atomic mass is 10.3. The summed E-state index contributed by atoms with van der Waals surface area (Å²) >= 11 is 25.1. The molecule has 0 saturated heterocycles. The Labute approximate surface area is 170 Å². The van der Waals surface area contributed by atoms with E-state index in [9.17, 15) is 0 Å². The zero-order chi connectivity index (χ0) is 19.0. The normalized spacial score (nSPS) is 19.5. The van der Waals surface area contributed by atoms with Crippen LogP contribution in [0.1, 0.15) is 11.1 Å². The Kier molecular flexibility index (Phi) is 6.02. The van der Waals surface area contributed by atoms with Crippen LogP contribution in [0.5, 0.6) is 0 Å². The van der Waals surface area contributed by atoms with Crippen LogP contribution >= 0.6 is 64.3 Å². The Morgan fingerprint density at radius 3 is 1.54 bits per heavy atom. The van der Waals surface area contributed by atoms with Crippen LogP contribution in [0.3, 0.4) is 0 Å². The third kappa shape index (κ3) is 5.39. The van der Waals surface area contributed by atoms with Crippen molar-refractivity contribution in [3.8, 4) is 0 Å². The molecule has 14 heteroatoms. The summed E-state index contributed by atoms with van der Waals surface area (Å²) in [6.45, 7) is 3.87. The number of pyridine rings is 2. The molecule has 0 amide bonds. The van der Waals surface area contributed by atoms with Crippen molar-refractivity contribution >= 4 is 75.9 Å². The van der Waals surface area contributed by atoms with Crippen LogP contribution in [-0.2, 0) is 0 Å². The summed E-state index contributed by atoms with van der Waals surface area (Å²) in [5.74, 6) is -5.18. The first-order chi connectivity index (χ1) is 12.1. The van der Waals surface area contributed by atoms with Gasteiger partial charge in [0.1, 0.15) is 11.6 Å². The lowest BCUT2D eigenvalue weighted by Crippen LogP contribution is -2.07. The fourth-order valence-corrected chi connectivity index (χ4v) is 16.9. The van der Waals surface area contributed by atoms with Gasteiger partial charge in [0.05, 0.1) is 0 Å². The first-order valence-corrected chi connectivity index (χ1v) is 15.9. The number of nitrogens with one attached hydrogen (secondary N) is 2. The average molecular weight is 491 g/mol. The van der Waals surface area contributed by atoms with Crippen LogP contribution in [0.2, 0.25) is 0 Å². The van der Waals surface area contributed by atoms with Gasteiger partial charge in [-0.3, -0.25) is 0 Å². The topological polar surface area (TPSA) is 86.9 Å². The van der Waals surface area contributed by atoms with Crippen LogP contribution in [0.25, 0.3) is 0 Å². The van der Waals surface area contributed by atoms with Gasteiger partial charge in [-0.25, -0.2) is 9.97 Å². The maximum atomic E-state index is 6.27. The number of anilines is 2. The highest BCUT2D eigenvalue weighted by Gasteiger charge is 2.34. The van der Waals surface area contributed by atoms with Crippen molar-refractivity contribution in [3.05, 3.63) is 47.8 Å². The molecule has 2 N–H and O–H groups in total. The van der Waals surface area contributed by atoms with E-state index >= 15 is 0 Å². The van der Waals surface area contributed by atoms with E-state index in [1.807, 2.05) is 26.0 Å². The largest absolute Gasteiger partial charge is 0.303 e. The number of nitrogens with zero attached hydrogens (tertiary/aromatic N) is 5. The zero-order valence-corrected chi connectivity index (χ0v) is 19.3. The maximum absolute atomic E-state index is 6.27. The Morgan fingerprint density at radius 2 is 1.15 bits per heavy atom. The lowest BCUT2D eigenvalue weighted by molar-refractivity contribution is 1.26. The summed E-state index contributed by atoms with van der Waals surface area (Å²) in [6.07, 6.45) is 3.43. The highest BCUT2D eigenvalue weighted by molar-refractivity contribution is 8.21. The van der Waals surface area contributed by atoms with Crippen molar-refractivity contribution in [1.82, 2.24) is 9.97 Å².